The first-order valence-corrected chi connectivity index (χ1v) is 9.40. The highest BCUT2D eigenvalue weighted by Gasteiger charge is 2.40. The molecular formula is C18H32IN5O. The number of aromatic nitrogens is 2. The van der Waals surface area contributed by atoms with Crippen molar-refractivity contribution in [2.24, 2.45) is 10.4 Å². The third kappa shape index (κ3) is 5.08. The molecule has 0 radical (unpaired) electrons. The predicted molar refractivity (Wildman–Crippen MR) is 111 cm³/mol. The van der Waals surface area contributed by atoms with Crippen LogP contribution in [0.3, 0.4) is 0 Å². The van der Waals surface area contributed by atoms with Crippen LogP contribution < -0.4 is 5.32 Å². The van der Waals surface area contributed by atoms with Gasteiger partial charge in [-0.25, -0.2) is 0 Å². The zero-order valence-electron chi connectivity index (χ0n) is 15.8. The summed E-state index contributed by atoms with van der Waals surface area (Å²) in [6.45, 7) is 7.35. The molecule has 142 valence electrons. The van der Waals surface area contributed by atoms with Crippen LogP contribution in [-0.2, 0) is 6.42 Å². The monoisotopic (exact) mass is 461 g/mol. The lowest BCUT2D eigenvalue weighted by Crippen LogP contribution is -2.41. The standard InChI is InChI=1S/C18H31N5O.HI/c1-14(2)16-21-15(24-22-16)7-6-11-20-17(19-3)23-12-10-18(13-23)8-4-5-9-18;/h14H,4-13H2,1-3H3,(H,19,20);1H. The normalized spacial score (nSPS) is 19.7. The average molecular weight is 461 g/mol. The van der Waals surface area contributed by atoms with Gasteiger partial charge in [-0.1, -0.05) is 31.8 Å². The number of aliphatic imine (C=N–C) groups is 1. The van der Waals surface area contributed by atoms with Gasteiger partial charge in [0.05, 0.1) is 0 Å². The fourth-order valence-corrected chi connectivity index (χ4v) is 4.03. The molecule has 0 bridgehead atoms. The highest BCUT2D eigenvalue weighted by Crippen LogP contribution is 2.45. The number of aryl methyl sites for hydroxylation is 1. The molecule has 0 atom stereocenters. The van der Waals surface area contributed by atoms with E-state index in [1.807, 2.05) is 7.05 Å². The summed E-state index contributed by atoms with van der Waals surface area (Å²) < 4.78 is 5.29. The summed E-state index contributed by atoms with van der Waals surface area (Å²) in [5.74, 6) is 2.90. The van der Waals surface area contributed by atoms with E-state index in [2.05, 4.69) is 39.2 Å². The fraction of sp³-hybridized carbons (Fsp3) is 0.833. The zero-order valence-corrected chi connectivity index (χ0v) is 18.1. The summed E-state index contributed by atoms with van der Waals surface area (Å²) in [5.41, 5.74) is 0.578. The van der Waals surface area contributed by atoms with E-state index >= 15 is 0 Å². The molecule has 1 aromatic heterocycles. The Bertz CT molecular complexity index is 566. The molecule has 1 aliphatic carbocycles. The summed E-state index contributed by atoms with van der Waals surface area (Å²) in [4.78, 5) is 11.3. The maximum absolute atomic E-state index is 5.29. The van der Waals surface area contributed by atoms with Gasteiger partial charge in [0.1, 0.15) is 0 Å². The van der Waals surface area contributed by atoms with E-state index in [4.69, 9.17) is 4.52 Å². The maximum atomic E-state index is 5.29. The van der Waals surface area contributed by atoms with Crippen LogP contribution in [0.25, 0.3) is 0 Å². The Morgan fingerprint density at radius 3 is 2.72 bits per heavy atom. The Balaban J connectivity index is 0.00000225. The maximum Gasteiger partial charge on any atom is 0.226 e. The highest BCUT2D eigenvalue weighted by molar-refractivity contribution is 14.0. The van der Waals surface area contributed by atoms with E-state index in [0.717, 1.165) is 43.6 Å². The molecule has 6 nitrogen and oxygen atoms in total. The molecular weight excluding hydrogens is 429 g/mol. The number of guanidine groups is 1. The third-order valence-corrected chi connectivity index (χ3v) is 5.46. The van der Waals surface area contributed by atoms with Gasteiger partial charge in [0, 0.05) is 39.0 Å². The smallest absolute Gasteiger partial charge is 0.226 e. The molecule has 0 amide bonds. The molecule has 2 aliphatic rings. The quantitative estimate of drug-likeness (QED) is 0.314. The van der Waals surface area contributed by atoms with Crippen molar-refractivity contribution in [1.29, 1.82) is 0 Å². The van der Waals surface area contributed by atoms with Crippen molar-refractivity contribution in [3.05, 3.63) is 11.7 Å². The molecule has 1 N–H and O–H groups in total. The van der Waals surface area contributed by atoms with E-state index in [0.29, 0.717) is 11.3 Å². The van der Waals surface area contributed by atoms with Gasteiger partial charge < -0.3 is 14.7 Å². The first-order chi connectivity index (χ1) is 11.6. The Kier molecular flexibility index (Phi) is 7.51. The number of hydrogen-bond donors (Lipinski definition) is 1. The molecule has 2 fully saturated rings. The van der Waals surface area contributed by atoms with Crippen LogP contribution in [0.15, 0.2) is 9.52 Å². The SMILES string of the molecule is CN=C(NCCCc1nc(C(C)C)no1)N1CCC2(CCCC2)C1.I. The van der Waals surface area contributed by atoms with E-state index in [9.17, 15) is 0 Å². The summed E-state index contributed by atoms with van der Waals surface area (Å²) in [7, 11) is 1.88. The minimum Gasteiger partial charge on any atom is -0.356 e. The Morgan fingerprint density at radius 2 is 2.08 bits per heavy atom. The number of hydrogen-bond acceptors (Lipinski definition) is 4. The van der Waals surface area contributed by atoms with Crippen LogP contribution >= 0.6 is 24.0 Å². The fourth-order valence-electron chi connectivity index (χ4n) is 4.03. The molecule has 1 spiro atoms. The van der Waals surface area contributed by atoms with Gasteiger partial charge in [-0.2, -0.15) is 4.98 Å². The van der Waals surface area contributed by atoms with Gasteiger partial charge in [0.2, 0.25) is 5.89 Å². The Morgan fingerprint density at radius 1 is 1.32 bits per heavy atom. The Hall–Kier alpha value is -0.860. The van der Waals surface area contributed by atoms with Crippen molar-refractivity contribution in [2.45, 2.75) is 64.7 Å². The first-order valence-electron chi connectivity index (χ1n) is 9.40. The van der Waals surface area contributed by atoms with Gasteiger partial charge in [0.25, 0.3) is 0 Å². The van der Waals surface area contributed by atoms with Crippen molar-refractivity contribution in [3.8, 4) is 0 Å². The molecule has 0 unspecified atom stereocenters. The molecule has 0 aromatic carbocycles. The summed E-state index contributed by atoms with van der Waals surface area (Å²) >= 11 is 0. The van der Waals surface area contributed by atoms with Crippen molar-refractivity contribution in [2.75, 3.05) is 26.7 Å². The number of nitrogens with one attached hydrogen (secondary N) is 1. The van der Waals surface area contributed by atoms with E-state index < -0.39 is 0 Å². The van der Waals surface area contributed by atoms with Gasteiger partial charge in [-0.05, 0) is 31.1 Å². The number of nitrogens with zero attached hydrogens (tertiary/aromatic N) is 4. The van der Waals surface area contributed by atoms with E-state index in [-0.39, 0.29) is 24.0 Å². The van der Waals surface area contributed by atoms with Crippen molar-refractivity contribution >= 4 is 29.9 Å². The second-order valence-electron chi connectivity index (χ2n) is 7.66. The van der Waals surface area contributed by atoms with Gasteiger partial charge in [-0.3, -0.25) is 4.99 Å². The minimum absolute atomic E-state index is 0. The molecule has 1 saturated heterocycles. The topological polar surface area (TPSA) is 66.5 Å². The van der Waals surface area contributed by atoms with E-state index in [1.165, 1.54) is 38.6 Å². The summed E-state index contributed by atoms with van der Waals surface area (Å²) in [6, 6.07) is 0. The second kappa shape index (κ2) is 9.19. The molecule has 2 heterocycles. The lowest BCUT2D eigenvalue weighted by Gasteiger charge is -2.25. The van der Waals surface area contributed by atoms with Crippen molar-refractivity contribution < 1.29 is 4.52 Å². The zero-order chi connectivity index (χ0) is 17.0. The van der Waals surface area contributed by atoms with Gasteiger partial charge in [-0.15, -0.1) is 24.0 Å². The predicted octanol–water partition coefficient (Wildman–Crippen LogP) is 3.59. The van der Waals surface area contributed by atoms with Crippen LogP contribution in [0.5, 0.6) is 0 Å². The number of halogens is 1. The molecule has 1 saturated carbocycles. The average Bonchev–Trinajstić information content (AvgIpc) is 3.30. The summed E-state index contributed by atoms with van der Waals surface area (Å²) in [6.07, 6.45) is 8.72. The van der Waals surface area contributed by atoms with Gasteiger partial charge in [0.15, 0.2) is 11.8 Å². The Labute approximate surface area is 168 Å². The van der Waals surface area contributed by atoms with Crippen LogP contribution in [0.1, 0.15) is 70.0 Å². The summed E-state index contributed by atoms with van der Waals surface area (Å²) in [5, 5.41) is 7.51. The largest absolute Gasteiger partial charge is 0.356 e. The van der Waals surface area contributed by atoms with Gasteiger partial charge >= 0.3 is 0 Å². The minimum atomic E-state index is 0. The lowest BCUT2D eigenvalue weighted by atomic mass is 9.86. The van der Waals surface area contributed by atoms with Crippen LogP contribution in [0, 0.1) is 5.41 Å². The van der Waals surface area contributed by atoms with Crippen LogP contribution in [0.4, 0.5) is 0 Å². The van der Waals surface area contributed by atoms with Crippen molar-refractivity contribution in [3.63, 3.8) is 0 Å². The number of rotatable bonds is 5. The first kappa shape index (κ1) is 20.5. The molecule has 7 heteroatoms. The second-order valence-corrected chi connectivity index (χ2v) is 7.66. The molecule has 1 aliphatic heterocycles. The molecule has 25 heavy (non-hydrogen) atoms. The van der Waals surface area contributed by atoms with E-state index in [1.54, 1.807) is 0 Å². The molecule has 1 aromatic rings. The van der Waals surface area contributed by atoms with Crippen molar-refractivity contribution in [1.82, 2.24) is 20.4 Å². The highest BCUT2D eigenvalue weighted by atomic mass is 127. The lowest BCUT2D eigenvalue weighted by molar-refractivity contribution is 0.309. The molecule has 3 rings (SSSR count). The van der Waals surface area contributed by atoms with Crippen LogP contribution in [-0.4, -0.2) is 47.7 Å². The third-order valence-electron chi connectivity index (χ3n) is 5.46. The van der Waals surface area contributed by atoms with Crippen LogP contribution in [0.2, 0.25) is 0 Å². The number of likely N-dealkylation sites (tertiary alicyclic amines) is 1.